The molecule has 1 fully saturated rings. The van der Waals surface area contributed by atoms with Crippen molar-refractivity contribution in [3.8, 4) is 11.4 Å². The number of nitrogens with zero attached hydrogens (tertiary/aromatic N) is 2. The molecule has 1 aliphatic heterocycles. The predicted molar refractivity (Wildman–Crippen MR) is 113 cm³/mol. The third-order valence-corrected chi connectivity index (χ3v) is 5.43. The lowest BCUT2D eigenvalue weighted by Gasteiger charge is -2.15. The maximum atomic E-state index is 12.8. The number of para-hydroxylation sites is 2. The maximum absolute atomic E-state index is 12.8. The largest absolute Gasteiger partial charge is 0.396 e. The highest BCUT2D eigenvalue weighted by atomic mass is 16.2. The first-order valence-electron chi connectivity index (χ1n) is 9.47. The second kappa shape index (κ2) is 6.46. The van der Waals surface area contributed by atoms with Crippen molar-refractivity contribution >= 4 is 33.5 Å². The Kier molecular flexibility index (Phi) is 3.88. The number of nitrogens with one attached hydrogen (secondary N) is 2. The van der Waals surface area contributed by atoms with E-state index in [1.165, 1.54) is 0 Å². The molecule has 146 valence electrons. The summed E-state index contributed by atoms with van der Waals surface area (Å²) in [5.41, 5.74) is 15.6. The van der Waals surface area contributed by atoms with Crippen molar-refractivity contribution in [2.75, 3.05) is 18.8 Å². The van der Waals surface area contributed by atoms with Crippen LogP contribution in [0.5, 0.6) is 0 Å². The van der Waals surface area contributed by atoms with Gasteiger partial charge < -0.3 is 26.3 Å². The van der Waals surface area contributed by atoms with Crippen LogP contribution in [0.15, 0.2) is 47.3 Å². The molecule has 1 atom stereocenters. The molecular weight excluding hydrogens is 368 g/mol. The second-order valence-corrected chi connectivity index (χ2v) is 7.41. The first-order chi connectivity index (χ1) is 14.0. The van der Waals surface area contributed by atoms with Crippen molar-refractivity contribution < 1.29 is 4.79 Å². The molecule has 29 heavy (non-hydrogen) atoms. The van der Waals surface area contributed by atoms with Gasteiger partial charge in [-0.1, -0.05) is 12.1 Å². The van der Waals surface area contributed by atoms with Gasteiger partial charge in [-0.3, -0.25) is 9.59 Å². The Morgan fingerprint density at radius 3 is 2.76 bits per heavy atom. The summed E-state index contributed by atoms with van der Waals surface area (Å²) in [7, 11) is 0. The Bertz CT molecular complexity index is 1320. The summed E-state index contributed by atoms with van der Waals surface area (Å²) in [6, 6.07) is 12.6. The number of fused-ring (bicyclic) bond motifs is 2. The number of likely N-dealkylation sites (tertiary alicyclic amines) is 1. The minimum Gasteiger partial charge on any atom is -0.396 e. The summed E-state index contributed by atoms with van der Waals surface area (Å²) >= 11 is 0. The molecule has 0 spiro atoms. The topological polar surface area (TPSA) is 134 Å². The Balaban J connectivity index is 1.60. The average molecular weight is 388 g/mol. The fourth-order valence-corrected chi connectivity index (χ4v) is 3.89. The van der Waals surface area contributed by atoms with Gasteiger partial charge in [0.1, 0.15) is 0 Å². The highest BCUT2D eigenvalue weighted by molar-refractivity contribution is 6.04. The van der Waals surface area contributed by atoms with Crippen LogP contribution >= 0.6 is 0 Å². The smallest absolute Gasteiger partial charge is 0.276 e. The first kappa shape index (κ1) is 17.4. The lowest BCUT2D eigenvalue weighted by atomic mass is 10.1. The van der Waals surface area contributed by atoms with Gasteiger partial charge in [0.25, 0.3) is 11.5 Å². The highest BCUT2D eigenvalue weighted by Crippen LogP contribution is 2.31. The standard InChI is InChI=1S/C21H20N6O2/c22-12-7-8-27(10-12)21(29)11-5-6-14-13(9-11)17(23)18(24-14)19-20(28)26-16-4-2-1-3-15(16)25-19/h1-6,9,12,24H,7-8,10,22-23H2,(H,26,28). The van der Waals surface area contributed by atoms with E-state index in [1.807, 2.05) is 18.2 Å². The van der Waals surface area contributed by atoms with Crippen LogP contribution in [0, 0.1) is 0 Å². The van der Waals surface area contributed by atoms with Crippen LogP contribution in [0.2, 0.25) is 0 Å². The zero-order valence-corrected chi connectivity index (χ0v) is 15.6. The van der Waals surface area contributed by atoms with E-state index in [2.05, 4.69) is 15.0 Å². The monoisotopic (exact) mass is 388 g/mol. The third kappa shape index (κ3) is 2.85. The molecule has 1 unspecified atom stereocenters. The number of aromatic nitrogens is 3. The Hall–Kier alpha value is -3.65. The van der Waals surface area contributed by atoms with E-state index >= 15 is 0 Å². The van der Waals surface area contributed by atoms with Gasteiger partial charge in [-0.15, -0.1) is 0 Å². The number of nitrogens with two attached hydrogens (primary N) is 2. The quantitative estimate of drug-likeness (QED) is 0.416. The van der Waals surface area contributed by atoms with Crippen LogP contribution in [0.4, 0.5) is 5.69 Å². The number of carbonyl (C=O) groups excluding carboxylic acids is 1. The molecule has 0 aliphatic carbocycles. The molecule has 6 N–H and O–H groups in total. The van der Waals surface area contributed by atoms with E-state index in [0.717, 1.165) is 11.9 Å². The molecule has 2 aromatic heterocycles. The molecule has 3 heterocycles. The van der Waals surface area contributed by atoms with Crippen LogP contribution in [-0.4, -0.2) is 44.9 Å². The van der Waals surface area contributed by atoms with Gasteiger partial charge in [0.2, 0.25) is 0 Å². The Morgan fingerprint density at radius 2 is 1.97 bits per heavy atom. The molecule has 8 nitrogen and oxygen atoms in total. The van der Waals surface area contributed by atoms with Gasteiger partial charge in [0.05, 0.1) is 22.4 Å². The van der Waals surface area contributed by atoms with E-state index in [1.54, 1.807) is 29.2 Å². The number of nitrogen functional groups attached to an aromatic ring is 1. The molecular formula is C21H20N6O2. The minimum absolute atomic E-state index is 0.0253. The third-order valence-electron chi connectivity index (χ3n) is 5.43. The van der Waals surface area contributed by atoms with Gasteiger partial charge in [0, 0.05) is 35.6 Å². The second-order valence-electron chi connectivity index (χ2n) is 7.41. The number of rotatable bonds is 2. The van der Waals surface area contributed by atoms with E-state index < -0.39 is 0 Å². The lowest BCUT2D eigenvalue weighted by molar-refractivity contribution is 0.0791. The van der Waals surface area contributed by atoms with Gasteiger partial charge in [-0.2, -0.15) is 0 Å². The normalized spacial score (nSPS) is 16.7. The molecule has 4 aromatic rings. The summed E-state index contributed by atoms with van der Waals surface area (Å²) in [5, 5.41) is 0.684. The molecule has 1 amide bonds. The summed E-state index contributed by atoms with van der Waals surface area (Å²) in [5.74, 6) is -0.0660. The molecule has 1 aliphatic rings. The summed E-state index contributed by atoms with van der Waals surface area (Å²) in [6.07, 6.45) is 0.806. The van der Waals surface area contributed by atoms with Gasteiger partial charge >= 0.3 is 0 Å². The maximum Gasteiger partial charge on any atom is 0.276 e. The average Bonchev–Trinajstić information content (AvgIpc) is 3.30. The highest BCUT2D eigenvalue weighted by Gasteiger charge is 2.25. The van der Waals surface area contributed by atoms with Crippen molar-refractivity contribution in [2.24, 2.45) is 5.73 Å². The van der Waals surface area contributed by atoms with Gasteiger partial charge in [0.15, 0.2) is 5.69 Å². The van der Waals surface area contributed by atoms with E-state index in [9.17, 15) is 9.59 Å². The predicted octanol–water partition coefficient (Wildman–Crippen LogP) is 1.83. The van der Waals surface area contributed by atoms with Crippen LogP contribution in [0.3, 0.4) is 0 Å². The molecule has 5 rings (SSSR count). The van der Waals surface area contributed by atoms with Crippen molar-refractivity contribution in [3.05, 3.63) is 58.4 Å². The number of H-pyrrole nitrogens is 2. The fraction of sp³-hybridized carbons (Fsp3) is 0.190. The zero-order valence-electron chi connectivity index (χ0n) is 15.6. The molecule has 2 aromatic carbocycles. The number of carbonyl (C=O) groups is 1. The van der Waals surface area contributed by atoms with E-state index in [4.69, 9.17) is 11.5 Å². The minimum atomic E-state index is -0.329. The van der Waals surface area contributed by atoms with Crippen LogP contribution in [-0.2, 0) is 0 Å². The molecule has 0 radical (unpaired) electrons. The van der Waals surface area contributed by atoms with E-state index in [-0.39, 0.29) is 23.2 Å². The zero-order chi connectivity index (χ0) is 20.1. The van der Waals surface area contributed by atoms with Crippen molar-refractivity contribution in [3.63, 3.8) is 0 Å². The van der Waals surface area contributed by atoms with Crippen LogP contribution < -0.4 is 17.0 Å². The van der Waals surface area contributed by atoms with Gasteiger partial charge in [-0.25, -0.2) is 4.98 Å². The lowest BCUT2D eigenvalue weighted by Crippen LogP contribution is -2.31. The summed E-state index contributed by atoms with van der Waals surface area (Å²) < 4.78 is 0. The fourth-order valence-electron chi connectivity index (χ4n) is 3.89. The summed E-state index contributed by atoms with van der Waals surface area (Å²) in [6.45, 7) is 1.21. The molecule has 0 bridgehead atoms. The van der Waals surface area contributed by atoms with Crippen LogP contribution in [0.25, 0.3) is 33.3 Å². The molecule has 8 heteroatoms. The van der Waals surface area contributed by atoms with Crippen molar-refractivity contribution in [1.29, 1.82) is 0 Å². The van der Waals surface area contributed by atoms with Crippen molar-refractivity contribution in [2.45, 2.75) is 12.5 Å². The number of aromatic amines is 2. The van der Waals surface area contributed by atoms with Gasteiger partial charge in [-0.05, 0) is 36.8 Å². The first-order valence-corrected chi connectivity index (χ1v) is 9.47. The number of hydrogen-bond donors (Lipinski definition) is 4. The molecule has 0 saturated carbocycles. The SMILES string of the molecule is Nc1c(-c2nc3ccccc3[nH]c2=O)[nH]c2ccc(C(=O)N3CCC(N)C3)cc12. The number of hydrogen-bond acceptors (Lipinski definition) is 5. The van der Waals surface area contributed by atoms with E-state index in [0.29, 0.717) is 46.5 Å². The number of benzene rings is 2. The van der Waals surface area contributed by atoms with Crippen LogP contribution in [0.1, 0.15) is 16.8 Å². The Labute approximate surface area is 165 Å². The number of anilines is 1. The summed E-state index contributed by atoms with van der Waals surface area (Å²) in [4.78, 5) is 37.6. The molecule has 1 saturated heterocycles. The number of amides is 1. The van der Waals surface area contributed by atoms with Crippen molar-refractivity contribution in [1.82, 2.24) is 19.9 Å². The Morgan fingerprint density at radius 1 is 1.14 bits per heavy atom.